The lowest BCUT2D eigenvalue weighted by Gasteiger charge is -2.12. The number of nitrogens with one attached hydrogen (secondary N) is 1. The first-order valence-electron chi connectivity index (χ1n) is 5.46. The van der Waals surface area contributed by atoms with Gasteiger partial charge in [-0.3, -0.25) is 14.9 Å². The van der Waals surface area contributed by atoms with Crippen molar-refractivity contribution in [2.45, 2.75) is 12.8 Å². The standard InChI is InChI=1S/C11H10F2N2O4/c12-6-3-7(13)9(15(18)19)8(4-6)14-5-11(1-2-11)10(16)17/h3-4,14H,1-2,5H2,(H,16,17). The summed E-state index contributed by atoms with van der Waals surface area (Å²) in [5.74, 6) is -3.29. The van der Waals surface area contributed by atoms with Gasteiger partial charge < -0.3 is 10.4 Å². The van der Waals surface area contributed by atoms with Crippen molar-refractivity contribution in [1.82, 2.24) is 0 Å². The third-order valence-electron chi connectivity index (χ3n) is 3.14. The summed E-state index contributed by atoms with van der Waals surface area (Å²) in [7, 11) is 0. The first-order valence-corrected chi connectivity index (χ1v) is 5.46. The Labute approximate surface area is 106 Å². The molecule has 1 saturated carbocycles. The van der Waals surface area contributed by atoms with Crippen LogP contribution in [0.15, 0.2) is 12.1 Å². The molecule has 2 rings (SSSR count). The van der Waals surface area contributed by atoms with E-state index in [1.165, 1.54) is 0 Å². The molecule has 0 saturated heterocycles. The van der Waals surface area contributed by atoms with Gasteiger partial charge in [0.05, 0.1) is 10.3 Å². The largest absolute Gasteiger partial charge is 0.481 e. The molecule has 0 aliphatic heterocycles. The summed E-state index contributed by atoms with van der Waals surface area (Å²) in [6.45, 7) is -0.105. The van der Waals surface area contributed by atoms with Crippen LogP contribution in [0.5, 0.6) is 0 Å². The minimum absolute atomic E-state index is 0.105. The molecule has 0 radical (unpaired) electrons. The fourth-order valence-corrected chi connectivity index (χ4v) is 1.77. The SMILES string of the molecule is O=C(O)C1(CNc2cc(F)cc(F)c2[N+](=O)[O-])CC1. The highest BCUT2D eigenvalue weighted by Crippen LogP contribution is 2.46. The first-order chi connectivity index (χ1) is 8.85. The Kier molecular flexibility index (Phi) is 3.09. The Balaban J connectivity index is 2.25. The predicted octanol–water partition coefficient (Wildman–Crippen LogP) is 2.15. The van der Waals surface area contributed by atoms with Crippen molar-refractivity contribution in [1.29, 1.82) is 0 Å². The van der Waals surface area contributed by atoms with E-state index in [0.717, 1.165) is 6.07 Å². The lowest BCUT2D eigenvalue weighted by atomic mass is 10.1. The van der Waals surface area contributed by atoms with E-state index in [4.69, 9.17) is 5.11 Å². The summed E-state index contributed by atoms with van der Waals surface area (Å²) < 4.78 is 26.4. The number of carboxylic acid groups (broad SMARTS) is 1. The van der Waals surface area contributed by atoms with Gasteiger partial charge in [0, 0.05) is 18.7 Å². The molecule has 0 bridgehead atoms. The van der Waals surface area contributed by atoms with Crippen molar-refractivity contribution >= 4 is 17.3 Å². The van der Waals surface area contributed by atoms with Crippen LogP contribution in [0.4, 0.5) is 20.2 Å². The Hall–Kier alpha value is -2.25. The average molecular weight is 272 g/mol. The van der Waals surface area contributed by atoms with Crippen LogP contribution >= 0.6 is 0 Å². The van der Waals surface area contributed by atoms with Gasteiger partial charge in [0.15, 0.2) is 0 Å². The van der Waals surface area contributed by atoms with E-state index in [9.17, 15) is 23.7 Å². The van der Waals surface area contributed by atoms with Crippen molar-refractivity contribution in [3.8, 4) is 0 Å². The summed E-state index contributed by atoms with van der Waals surface area (Å²) in [4.78, 5) is 20.7. The Bertz CT molecular complexity index is 558. The highest BCUT2D eigenvalue weighted by atomic mass is 19.1. The fraction of sp³-hybridized carbons (Fsp3) is 0.364. The van der Waals surface area contributed by atoms with Crippen LogP contribution in [-0.4, -0.2) is 22.5 Å². The van der Waals surface area contributed by atoms with Crippen LogP contribution in [0.25, 0.3) is 0 Å². The molecular formula is C11H10F2N2O4. The lowest BCUT2D eigenvalue weighted by molar-refractivity contribution is -0.386. The predicted molar refractivity (Wildman–Crippen MR) is 60.8 cm³/mol. The Morgan fingerprint density at radius 1 is 1.47 bits per heavy atom. The monoisotopic (exact) mass is 272 g/mol. The van der Waals surface area contributed by atoms with E-state index >= 15 is 0 Å². The zero-order chi connectivity index (χ0) is 14.2. The number of rotatable bonds is 5. The quantitative estimate of drug-likeness (QED) is 0.632. The molecule has 0 heterocycles. The molecule has 19 heavy (non-hydrogen) atoms. The number of aliphatic carboxylic acids is 1. The van der Waals surface area contributed by atoms with Gasteiger partial charge in [-0.1, -0.05) is 0 Å². The molecule has 1 aromatic rings. The number of benzene rings is 1. The van der Waals surface area contributed by atoms with E-state index in [0.29, 0.717) is 18.9 Å². The van der Waals surface area contributed by atoms with Gasteiger partial charge in [-0.2, -0.15) is 4.39 Å². The van der Waals surface area contributed by atoms with E-state index < -0.39 is 33.6 Å². The van der Waals surface area contributed by atoms with Crippen LogP contribution in [-0.2, 0) is 4.79 Å². The van der Waals surface area contributed by atoms with E-state index in [2.05, 4.69) is 5.32 Å². The zero-order valence-electron chi connectivity index (χ0n) is 9.65. The van der Waals surface area contributed by atoms with E-state index in [1.54, 1.807) is 0 Å². The van der Waals surface area contributed by atoms with Crippen LogP contribution < -0.4 is 5.32 Å². The number of carboxylic acids is 1. The van der Waals surface area contributed by atoms with Gasteiger partial charge in [0.2, 0.25) is 5.82 Å². The molecule has 2 N–H and O–H groups in total. The second-order valence-corrected chi connectivity index (χ2v) is 4.48. The topological polar surface area (TPSA) is 92.5 Å². The number of nitro groups is 1. The minimum atomic E-state index is -1.30. The van der Waals surface area contributed by atoms with E-state index in [1.807, 2.05) is 0 Å². The highest BCUT2D eigenvalue weighted by Gasteiger charge is 2.50. The normalized spacial score (nSPS) is 15.9. The molecule has 0 spiro atoms. The molecule has 0 atom stereocenters. The molecule has 102 valence electrons. The molecule has 1 fully saturated rings. The molecular weight excluding hydrogens is 262 g/mol. The van der Waals surface area contributed by atoms with Crippen molar-refractivity contribution < 1.29 is 23.6 Å². The Morgan fingerprint density at radius 2 is 2.11 bits per heavy atom. The summed E-state index contributed by atoms with van der Waals surface area (Å²) in [5.41, 5.74) is -2.23. The Morgan fingerprint density at radius 3 is 2.58 bits per heavy atom. The van der Waals surface area contributed by atoms with Crippen LogP contribution in [0, 0.1) is 27.2 Å². The molecule has 0 aromatic heterocycles. The van der Waals surface area contributed by atoms with Crippen LogP contribution in [0.3, 0.4) is 0 Å². The molecule has 0 amide bonds. The van der Waals surface area contributed by atoms with Crippen molar-refractivity contribution in [2.75, 3.05) is 11.9 Å². The van der Waals surface area contributed by atoms with Gasteiger partial charge >= 0.3 is 11.7 Å². The van der Waals surface area contributed by atoms with Crippen molar-refractivity contribution in [3.05, 3.63) is 33.9 Å². The highest BCUT2D eigenvalue weighted by molar-refractivity contribution is 5.79. The second kappa shape index (κ2) is 4.45. The maximum atomic E-state index is 13.3. The smallest absolute Gasteiger partial charge is 0.327 e. The maximum absolute atomic E-state index is 13.3. The van der Waals surface area contributed by atoms with Crippen molar-refractivity contribution in [2.24, 2.45) is 5.41 Å². The average Bonchev–Trinajstić information content (AvgIpc) is 3.05. The summed E-state index contributed by atoms with van der Waals surface area (Å²) in [6.07, 6.45) is 0.863. The number of hydrogen-bond donors (Lipinski definition) is 2. The van der Waals surface area contributed by atoms with Gasteiger partial charge in [-0.05, 0) is 12.8 Å². The van der Waals surface area contributed by atoms with Gasteiger partial charge in [0.1, 0.15) is 11.5 Å². The lowest BCUT2D eigenvalue weighted by Crippen LogP contribution is -2.24. The minimum Gasteiger partial charge on any atom is -0.481 e. The molecule has 1 aliphatic carbocycles. The summed E-state index contributed by atoms with van der Waals surface area (Å²) >= 11 is 0. The number of nitrogens with zero attached hydrogens (tertiary/aromatic N) is 1. The van der Waals surface area contributed by atoms with Gasteiger partial charge in [-0.15, -0.1) is 0 Å². The molecule has 8 heteroatoms. The molecule has 6 nitrogen and oxygen atoms in total. The molecule has 1 aromatic carbocycles. The third kappa shape index (κ3) is 2.47. The van der Waals surface area contributed by atoms with Gasteiger partial charge in [0.25, 0.3) is 0 Å². The zero-order valence-corrected chi connectivity index (χ0v) is 9.65. The summed E-state index contributed by atoms with van der Waals surface area (Å²) in [5, 5.41) is 22.1. The number of halogens is 2. The van der Waals surface area contributed by atoms with Crippen LogP contribution in [0.2, 0.25) is 0 Å². The summed E-state index contributed by atoms with van der Waals surface area (Å²) in [6, 6.07) is 1.19. The van der Waals surface area contributed by atoms with Crippen LogP contribution in [0.1, 0.15) is 12.8 Å². The van der Waals surface area contributed by atoms with E-state index in [-0.39, 0.29) is 12.2 Å². The first kappa shape index (κ1) is 13.2. The number of nitro benzene ring substituents is 1. The maximum Gasteiger partial charge on any atom is 0.327 e. The van der Waals surface area contributed by atoms with Crippen molar-refractivity contribution in [3.63, 3.8) is 0 Å². The number of hydrogen-bond acceptors (Lipinski definition) is 4. The fourth-order valence-electron chi connectivity index (χ4n) is 1.77. The van der Waals surface area contributed by atoms with Gasteiger partial charge in [-0.25, -0.2) is 4.39 Å². The number of carbonyl (C=O) groups is 1. The second-order valence-electron chi connectivity index (χ2n) is 4.48. The molecule has 0 unspecified atom stereocenters. The molecule has 1 aliphatic rings. The number of anilines is 1. The third-order valence-corrected chi connectivity index (χ3v) is 3.14.